The highest BCUT2D eigenvalue weighted by atomic mass is 32.2. The van der Waals surface area contributed by atoms with E-state index >= 15 is 0 Å². The first kappa shape index (κ1) is 18.6. The minimum atomic E-state index is -0.749. The Morgan fingerprint density at radius 2 is 2.04 bits per heavy atom. The van der Waals surface area contributed by atoms with Gasteiger partial charge in [-0.3, -0.25) is 24.3 Å². The fourth-order valence-corrected chi connectivity index (χ4v) is 3.64. The molecule has 2 N–H and O–H groups in total. The average Bonchev–Trinajstić information content (AvgIpc) is 2.65. The third-order valence-corrected chi connectivity index (χ3v) is 4.97. The van der Waals surface area contributed by atoms with Crippen LogP contribution in [0.2, 0.25) is 0 Å². The topological polar surface area (TPSA) is 121 Å². The summed E-state index contributed by atoms with van der Waals surface area (Å²) < 4.78 is 1.51. The maximum atomic E-state index is 12.8. The molecule has 0 bridgehead atoms. The SMILES string of the molecule is CCCn1c(Sc2ccc(C(N)=O)cc2[N+](=O)[O-])nc2ccccc2c1=O. The van der Waals surface area contributed by atoms with Crippen molar-refractivity contribution in [3.05, 3.63) is 68.5 Å². The number of benzene rings is 2. The molecule has 0 aliphatic rings. The van der Waals surface area contributed by atoms with Crippen LogP contribution in [-0.4, -0.2) is 20.4 Å². The van der Waals surface area contributed by atoms with Crippen molar-refractivity contribution in [3.8, 4) is 0 Å². The van der Waals surface area contributed by atoms with E-state index in [0.717, 1.165) is 17.8 Å². The Morgan fingerprint density at radius 3 is 2.70 bits per heavy atom. The van der Waals surface area contributed by atoms with Crippen molar-refractivity contribution in [2.75, 3.05) is 0 Å². The number of nitrogens with zero attached hydrogens (tertiary/aromatic N) is 3. The largest absolute Gasteiger partial charge is 0.366 e. The number of nitrogens with two attached hydrogens (primary N) is 1. The summed E-state index contributed by atoms with van der Waals surface area (Å²) >= 11 is 1.02. The minimum Gasteiger partial charge on any atom is -0.366 e. The van der Waals surface area contributed by atoms with E-state index in [-0.39, 0.29) is 21.7 Å². The van der Waals surface area contributed by atoms with E-state index in [9.17, 15) is 19.7 Å². The van der Waals surface area contributed by atoms with E-state index in [1.54, 1.807) is 24.3 Å². The molecule has 0 saturated carbocycles. The number of aromatic nitrogens is 2. The van der Waals surface area contributed by atoms with Crippen LogP contribution < -0.4 is 11.3 Å². The van der Waals surface area contributed by atoms with Crippen LogP contribution in [0.25, 0.3) is 10.9 Å². The Kier molecular flexibility index (Phi) is 5.22. The zero-order valence-electron chi connectivity index (χ0n) is 14.4. The number of hydrogen-bond donors (Lipinski definition) is 1. The van der Waals surface area contributed by atoms with E-state index in [1.165, 1.54) is 16.7 Å². The van der Waals surface area contributed by atoms with Gasteiger partial charge < -0.3 is 5.73 Å². The van der Waals surface area contributed by atoms with Gasteiger partial charge in [-0.1, -0.05) is 19.1 Å². The third-order valence-electron chi connectivity index (χ3n) is 3.92. The lowest BCUT2D eigenvalue weighted by atomic mass is 10.2. The molecule has 0 unspecified atom stereocenters. The van der Waals surface area contributed by atoms with Gasteiger partial charge in [0.05, 0.1) is 20.7 Å². The average molecular weight is 384 g/mol. The normalized spacial score (nSPS) is 10.9. The standard InChI is InChI=1S/C18H16N4O4S/c1-2-9-21-17(24)12-5-3-4-6-13(12)20-18(21)27-15-8-7-11(16(19)23)10-14(15)22(25)26/h3-8,10H,2,9H2,1H3,(H2,19,23). The van der Waals surface area contributed by atoms with E-state index in [1.807, 2.05) is 6.92 Å². The smallest absolute Gasteiger partial charge is 0.284 e. The van der Waals surface area contributed by atoms with Crippen LogP contribution in [-0.2, 0) is 6.54 Å². The van der Waals surface area contributed by atoms with Crippen LogP contribution in [0.1, 0.15) is 23.7 Å². The number of nitro benzene ring substituents is 1. The Labute approximate surface area is 158 Å². The van der Waals surface area contributed by atoms with E-state index in [4.69, 9.17) is 5.73 Å². The maximum Gasteiger partial charge on any atom is 0.284 e. The molecule has 0 radical (unpaired) electrons. The molecule has 9 heteroatoms. The summed E-state index contributed by atoms with van der Waals surface area (Å²) in [6.45, 7) is 2.37. The van der Waals surface area contributed by atoms with Crippen LogP contribution in [0.5, 0.6) is 0 Å². The summed E-state index contributed by atoms with van der Waals surface area (Å²) in [5, 5.41) is 12.3. The number of carbonyl (C=O) groups excluding carboxylic acids is 1. The quantitative estimate of drug-likeness (QED) is 0.396. The van der Waals surface area contributed by atoms with Gasteiger partial charge in [-0.2, -0.15) is 0 Å². The number of rotatable bonds is 6. The van der Waals surface area contributed by atoms with Crippen LogP contribution in [0.4, 0.5) is 5.69 Å². The number of amides is 1. The lowest BCUT2D eigenvalue weighted by Crippen LogP contribution is -2.23. The Bertz CT molecular complexity index is 1110. The molecule has 0 aliphatic carbocycles. The molecule has 138 valence electrons. The van der Waals surface area contributed by atoms with Crippen LogP contribution >= 0.6 is 11.8 Å². The van der Waals surface area contributed by atoms with Crippen molar-refractivity contribution in [3.63, 3.8) is 0 Å². The molecule has 27 heavy (non-hydrogen) atoms. The van der Waals surface area contributed by atoms with Crippen molar-refractivity contribution in [1.82, 2.24) is 9.55 Å². The summed E-state index contributed by atoms with van der Waals surface area (Å²) in [5.74, 6) is -0.749. The minimum absolute atomic E-state index is 0.0449. The zero-order chi connectivity index (χ0) is 19.6. The van der Waals surface area contributed by atoms with Crippen molar-refractivity contribution >= 4 is 34.3 Å². The maximum absolute atomic E-state index is 12.8. The molecule has 2 aromatic carbocycles. The number of primary amides is 1. The molecule has 1 heterocycles. The van der Waals surface area contributed by atoms with Crippen LogP contribution in [0.3, 0.4) is 0 Å². The summed E-state index contributed by atoms with van der Waals surface area (Å²) in [5.41, 5.74) is 5.32. The summed E-state index contributed by atoms with van der Waals surface area (Å²) in [7, 11) is 0. The molecular weight excluding hydrogens is 368 g/mol. The molecule has 1 aromatic heterocycles. The first-order valence-corrected chi connectivity index (χ1v) is 8.99. The molecular formula is C18H16N4O4S. The highest BCUT2D eigenvalue weighted by Gasteiger charge is 2.20. The molecule has 0 saturated heterocycles. The summed E-state index contributed by atoms with van der Waals surface area (Å²) in [4.78, 5) is 39.8. The number of para-hydroxylation sites is 1. The third kappa shape index (κ3) is 3.68. The number of nitro groups is 1. The second-order valence-electron chi connectivity index (χ2n) is 5.77. The monoisotopic (exact) mass is 384 g/mol. The van der Waals surface area contributed by atoms with Gasteiger partial charge in [0.25, 0.3) is 11.2 Å². The van der Waals surface area contributed by atoms with Gasteiger partial charge in [0.15, 0.2) is 5.16 Å². The Hall–Kier alpha value is -3.20. The number of fused-ring (bicyclic) bond motifs is 1. The lowest BCUT2D eigenvalue weighted by molar-refractivity contribution is -0.387. The van der Waals surface area contributed by atoms with Gasteiger partial charge >= 0.3 is 0 Å². The van der Waals surface area contributed by atoms with Gasteiger partial charge in [-0.15, -0.1) is 0 Å². The Morgan fingerprint density at radius 1 is 1.30 bits per heavy atom. The first-order valence-electron chi connectivity index (χ1n) is 8.18. The van der Waals surface area contributed by atoms with Crippen LogP contribution in [0.15, 0.2) is 57.3 Å². The molecule has 0 aliphatic heterocycles. The summed E-state index contributed by atoms with van der Waals surface area (Å²) in [6, 6.07) is 11.0. The fraction of sp³-hybridized carbons (Fsp3) is 0.167. The zero-order valence-corrected chi connectivity index (χ0v) is 15.2. The second kappa shape index (κ2) is 7.58. The number of hydrogen-bond acceptors (Lipinski definition) is 6. The lowest BCUT2D eigenvalue weighted by Gasteiger charge is -2.12. The fourth-order valence-electron chi connectivity index (χ4n) is 2.64. The van der Waals surface area contributed by atoms with Gasteiger partial charge in [0.1, 0.15) is 0 Å². The van der Waals surface area contributed by atoms with Crippen molar-refractivity contribution < 1.29 is 9.72 Å². The van der Waals surface area contributed by atoms with E-state index < -0.39 is 10.8 Å². The van der Waals surface area contributed by atoms with Crippen molar-refractivity contribution in [2.24, 2.45) is 5.73 Å². The summed E-state index contributed by atoms with van der Waals surface area (Å²) in [6.07, 6.45) is 0.705. The highest BCUT2D eigenvalue weighted by Crippen LogP contribution is 2.34. The van der Waals surface area contributed by atoms with Crippen molar-refractivity contribution in [1.29, 1.82) is 0 Å². The predicted octanol–water partition coefficient (Wildman–Crippen LogP) is 2.96. The van der Waals surface area contributed by atoms with Crippen molar-refractivity contribution in [2.45, 2.75) is 29.9 Å². The highest BCUT2D eigenvalue weighted by molar-refractivity contribution is 7.99. The second-order valence-corrected chi connectivity index (χ2v) is 6.78. The molecule has 1 amide bonds. The predicted molar refractivity (Wildman–Crippen MR) is 102 cm³/mol. The molecule has 3 rings (SSSR count). The van der Waals surface area contributed by atoms with E-state index in [2.05, 4.69) is 4.98 Å². The van der Waals surface area contributed by atoms with Gasteiger partial charge in [-0.05, 0) is 42.4 Å². The molecule has 0 atom stereocenters. The molecule has 3 aromatic rings. The first-order chi connectivity index (χ1) is 12.9. The number of carbonyl (C=O) groups is 1. The van der Waals surface area contributed by atoms with Gasteiger partial charge in [0, 0.05) is 18.2 Å². The molecule has 8 nitrogen and oxygen atoms in total. The Balaban J connectivity index is 2.16. The van der Waals surface area contributed by atoms with E-state index in [0.29, 0.717) is 29.0 Å². The van der Waals surface area contributed by atoms with Crippen LogP contribution in [0, 0.1) is 10.1 Å². The van der Waals surface area contributed by atoms with Gasteiger partial charge in [-0.25, -0.2) is 4.98 Å². The van der Waals surface area contributed by atoms with Gasteiger partial charge in [0.2, 0.25) is 5.91 Å². The molecule has 0 fully saturated rings. The molecule has 0 spiro atoms.